The molecule has 2 heterocycles. The van der Waals surface area contributed by atoms with Crippen molar-refractivity contribution in [3.8, 4) is 17.6 Å². The van der Waals surface area contributed by atoms with E-state index in [1.165, 1.54) is 0 Å². The third-order valence-corrected chi connectivity index (χ3v) is 7.65. The molecule has 1 aliphatic heterocycles. The quantitative estimate of drug-likeness (QED) is 0.483. The Bertz CT molecular complexity index is 1310. The van der Waals surface area contributed by atoms with Crippen molar-refractivity contribution in [2.45, 2.75) is 50.5 Å². The molecule has 0 spiro atoms. The Labute approximate surface area is 218 Å². The van der Waals surface area contributed by atoms with Crippen LogP contribution in [0.3, 0.4) is 0 Å². The number of hydrogen-bond acceptors (Lipinski definition) is 6. The molecule has 37 heavy (non-hydrogen) atoms. The summed E-state index contributed by atoms with van der Waals surface area (Å²) in [6.07, 6.45) is 6.85. The summed E-state index contributed by atoms with van der Waals surface area (Å²) in [5.74, 6) is 1.11. The number of aryl methyl sites for hydroxylation is 1. The van der Waals surface area contributed by atoms with Crippen molar-refractivity contribution in [1.82, 2.24) is 14.5 Å². The number of nitrogens with two attached hydrogens (primary N) is 2. The van der Waals surface area contributed by atoms with E-state index in [1.54, 1.807) is 18.6 Å². The van der Waals surface area contributed by atoms with E-state index < -0.39 is 11.0 Å². The zero-order valence-corrected chi connectivity index (χ0v) is 21.9. The summed E-state index contributed by atoms with van der Waals surface area (Å²) in [4.78, 5) is 19.8. The molecule has 1 fully saturated rings. The number of carbonyl (C=O) groups is 1. The van der Waals surface area contributed by atoms with Crippen molar-refractivity contribution < 1.29 is 9.53 Å². The van der Waals surface area contributed by atoms with E-state index in [2.05, 4.69) is 18.0 Å². The first kappa shape index (κ1) is 26.4. The van der Waals surface area contributed by atoms with E-state index in [4.69, 9.17) is 16.2 Å². The van der Waals surface area contributed by atoms with Gasteiger partial charge in [0.05, 0.1) is 34.7 Å². The van der Waals surface area contributed by atoms with Crippen LogP contribution in [0.15, 0.2) is 55.0 Å². The Kier molecular flexibility index (Phi) is 7.67. The van der Waals surface area contributed by atoms with Gasteiger partial charge in [0, 0.05) is 26.7 Å². The van der Waals surface area contributed by atoms with Crippen LogP contribution >= 0.6 is 0 Å². The lowest BCUT2D eigenvalue weighted by Gasteiger charge is -2.35. The predicted octanol–water partition coefficient (Wildman–Crippen LogP) is 3.93. The van der Waals surface area contributed by atoms with Crippen LogP contribution in [0.25, 0.3) is 0 Å². The number of carbonyl (C=O) groups excluding carboxylic acids is 1. The number of nitriles is 1. The molecule has 8 nitrogen and oxygen atoms in total. The average molecular weight is 501 g/mol. The highest BCUT2D eigenvalue weighted by molar-refractivity contribution is 5.88. The van der Waals surface area contributed by atoms with Crippen molar-refractivity contribution in [3.63, 3.8) is 0 Å². The van der Waals surface area contributed by atoms with Crippen LogP contribution in [0.1, 0.15) is 61.9 Å². The second-order valence-corrected chi connectivity index (χ2v) is 10.0. The Balaban J connectivity index is 1.71. The molecule has 2 aromatic carbocycles. The highest BCUT2D eigenvalue weighted by atomic mass is 16.5. The van der Waals surface area contributed by atoms with E-state index in [9.17, 15) is 10.1 Å². The number of nitrogens with zero attached hydrogens (tertiary/aromatic N) is 4. The molecule has 194 valence electrons. The van der Waals surface area contributed by atoms with Gasteiger partial charge in [0.2, 0.25) is 5.91 Å². The first-order valence-corrected chi connectivity index (χ1v) is 12.8. The number of likely N-dealkylation sites (tertiary alicyclic amines) is 1. The summed E-state index contributed by atoms with van der Waals surface area (Å²) in [6, 6.07) is 15.3. The lowest BCUT2D eigenvalue weighted by Crippen LogP contribution is -2.47. The number of benzene rings is 2. The maximum atomic E-state index is 13.7. The van der Waals surface area contributed by atoms with Crippen LogP contribution in [-0.4, -0.2) is 40.0 Å². The molecule has 1 aromatic heterocycles. The van der Waals surface area contributed by atoms with Crippen LogP contribution in [0.2, 0.25) is 0 Å². The fourth-order valence-corrected chi connectivity index (χ4v) is 5.42. The summed E-state index contributed by atoms with van der Waals surface area (Å²) in [5, 5.41) is 9.77. The minimum atomic E-state index is -0.843. The van der Waals surface area contributed by atoms with E-state index in [1.807, 2.05) is 59.8 Å². The molecule has 3 aromatic rings. The lowest BCUT2D eigenvalue weighted by molar-refractivity contribution is -0.137. The number of hydrogen-bond donors (Lipinski definition) is 2. The molecule has 1 aliphatic rings. The van der Waals surface area contributed by atoms with Crippen molar-refractivity contribution in [1.29, 1.82) is 5.26 Å². The van der Waals surface area contributed by atoms with Gasteiger partial charge in [0.25, 0.3) is 0 Å². The first-order chi connectivity index (χ1) is 17.8. The largest absolute Gasteiger partial charge is 0.456 e. The Morgan fingerprint density at radius 1 is 1.24 bits per heavy atom. The molecule has 0 aliphatic carbocycles. The molecule has 0 saturated carbocycles. The summed E-state index contributed by atoms with van der Waals surface area (Å²) in [7, 11) is 1.90. The van der Waals surface area contributed by atoms with Crippen molar-refractivity contribution in [2.24, 2.45) is 18.5 Å². The van der Waals surface area contributed by atoms with Gasteiger partial charge in [0.15, 0.2) is 0 Å². The minimum Gasteiger partial charge on any atom is -0.456 e. The Morgan fingerprint density at radius 2 is 2.05 bits per heavy atom. The van der Waals surface area contributed by atoms with Gasteiger partial charge in [-0.2, -0.15) is 5.26 Å². The molecule has 0 radical (unpaired) electrons. The standard InChI is InChI=1S/C29H36N6O2/c1-4-29(12-5-6-14-35(15-13-30)27(29)36)23-8-7-9-24(16-23)37-25-17-22(11-10-21(25)18-31)28(2,32)26-19-33-20-34(26)3/h7-11,16-17,19-20H,4-6,12-15,30,32H2,1-3H3. The minimum absolute atomic E-state index is 0.130. The SMILES string of the molecule is CCC1(c2cccc(Oc3cc(C(C)(N)c4cncn4C)ccc3C#N)c2)CCCCN(CCN)C1=O. The second kappa shape index (κ2) is 10.8. The normalized spacial score (nSPS) is 19.7. The van der Waals surface area contributed by atoms with Crippen molar-refractivity contribution >= 4 is 5.91 Å². The molecular formula is C29H36N6O2. The maximum Gasteiger partial charge on any atom is 0.233 e. The summed E-state index contributed by atoms with van der Waals surface area (Å²) in [5.41, 5.74) is 14.0. The number of imidazole rings is 1. The van der Waals surface area contributed by atoms with Crippen LogP contribution in [0.5, 0.6) is 11.5 Å². The van der Waals surface area contributed by atoms with Crippen molar-refractivity contribution in [2.75, 3.05) is 19.6 Å². The molecule has 4 rings (SSSR count). The molecule has 0 bridgehead atoms. The van der Waals surface area contributed by atoms with Crippen molar-refractivity contribution in [3.05, 3.63) is 77.4 Å². The monoisotopic (exact) mass is 500 g/mol. The molecule has 1 saturated heterocycles. The van der Waals surface area contributed by atoms with Crippen LogP contribution in [0.4, 0.5) is 0 Å². The molecule has 1 amide bonds. The maximum absolute atomic E-state index is 13.7. The molecule has 2 unspecified atom stereocenters. The first-order valence-electron chi connectivity index (χ1n) is 12.8. The van der Waals surface area contributed by atoms with Gasteiger partial charge in [-0.1, -0.05) is 31.5 Å². The van der Waals surface area contributed by atoms with E-state index in [0.717, 1.165) is 42.6 Å². The fourth-order valence-electron chi connectivity index (χ4n) is 5.42. The molecule has 4 N–H and O–H groups in total. The Morgan fingerprint density at radius 3 is 2.73 bits per heavy atom. The number of ether oxygens (including phenoxy) is 1. The topological polar surface area (TPSA) is 123 Å². The average Bonchev–Trinajstić information content (AvgIpc) is 3.28. The second-order valence-electron chi connectivity index (χ2n) is 10.0. The molecular weight excluding hydrogens is 464 g/mol. The van der Waals surface area contributed by atoms with Gasteiger partial charge in [-0.15, -0.1) is 0 Å². The summed E-state index contributed by atoms with van der Waals surface area (Å²) < 4.78 is 8.18. The Hall–Kier alpha value is -3.67. The van der Waals surface area contributed by atoms with Gasteiger partial charge in [-0.3, -0.25) is 4.79 Å². The summed E-state index contributed by atoms with van der Waals surface area (Å²) in [6.45, 7) is 5.71. The van der Waals surface area contributed by atoms with E-state index in [0.29, 0.717) is 36.6 Å². The van der Waals surface area contributed by atoms with E-state index >= 15 is 0 Å². The predicted molar refractivity (Wildman–Crippen MR) is 143 cm³/mol. The smallest absolute Gasteiger partial charge is 0.233 e. The summed E-state index contributed by atoms with van der Waals surface area (Å²) >= 11 is 0. The number of amides is 1. The van der Waals surface area contributed by atoms with Gasteiger partial charge in [0.1, 0.15) is 17.6 Å². The molecule has 8 heteroatoms. The zero-order valence-electron chi connectivity index (χ0n) is 21.9. The van der Waals surface area contributed by atoms with Gasteiger partial charge < -0.3 is 25.7 Å². The van der Waals surface area contributed by atoms with E-state index in [-0.39, 0.29) is 5.91 Å². The zero-order chi connectivity index (χ0) is 26.6. The third kappa shape index (κ3) is 4.97. The number of rotatable bonds is 8. The highest BCUT2D eigenvalue weighted by Gasteiger charge is 2.42. The third-order valence-electron chi connectivity index (χ3n) is 7.65. The van der Waals surface area contributed by atoms with Gasteiger partial charge in [-0.05, 0) is 61.6 Å². The van der Waals surface area contributed by atoms with Crippen LogP contribution < -0.4 is 16.2 Å². The lowest BCUT2D eigenvalue weighted by atomic mass is 9.73. The van der Waals surface area contributed by atoms with Gasteiger partial charge >= 0.3 is 0 Å². The van der Waals surface area contributed by atoms with Crippen LogP contribution in [0, 0.1) is 11.3 Å². The van der Waals surface area contributed by atoms with Gasteiger partial charge in [-0.25, -0.2) is 4.98 Å². The fraction of sp³-hybridized carbons (Fsp3) is 0.414. The van der Waals surface area contributed by atoms with Crippen LogP contribution in [-0.2, 0) is 22.8 Å². The highest BCUT2D eigenvalue weighted by Crippen LogP contribution is 2.40. The molecule has 2 atom stereocenters. The number of aromatic nitrogens is 2.